The first-order valence-corrected chi connectivity index (χ1v) is 10.1. The van der Waals surface area contributed by atoms with Crippen LogP contribution in [0.2, 0.25) is 0 Å². The molecule has 0 radical (unpaired) electrons. The molecule has 4 heteroatoms. The first kappa shape index (κ1) is 18.1. The summed E-state index contributed by atoms with van der Waals surface area (Å²) in [5.74, 6) is 2.39. The summed E-state index contributed by atoms with van der Waals surface area (Å²) in [6, 6.07) is 19.0. The number of benzene rings is 2. The highest BCUT2D eigenvalue weighted by Crippen LogP contribution is 2.33. The van der Waals surface area contributed by atoms with Gasteiger partial charge in [-0.1, -0.05) is 43.7 Å². The highest BCUT2D eigenvalue weighted by molar-refractivity contribution is 5.81. The van der Waals surface area contributed by atoms with E-state index in [0.29, 0.717) is 23.9 Å². The van der Waals surface area contributed by atoms with Crippen LogP contribution in [0, 0.1) is 5.92 Å². The molecule has 1 N–H and O–H groups in total. The standard InChI is InChI=1S/C23H28N2O2/c1-2-6-22(24-19-15-25(16-19)23(26)18-9-10-18)17-11-13-21(14-12-17)27-20-7-4-3-5-8-20/h3-5,7-8,11-14,18-19,22,24H,2,6,9-10,15-16H2,1H3. The lowest BCUT2D eigenvalue weighted by Crippen LogP contribution is -2.60. The van der Waals surface area contributed by atoms with Crippen molar-refractivity contribution < 1.29 is 9.53 Å². The van der Waals surface area contributed by atoms with Crippen LogP contribution in [-0.2, 0) is 4.79 Å². The van der Waals surface area contributed by atoms with E-state index in [4.69, 9.17) is 4.74 Å². The zero-order valence-electron chi connectivity index (χ0n) is 15.9. The molecule has 142 valence electrons. The Labute approximate surface area is 161 Å². The number of hydrogen-bond donors (Lipinski definition) is 1. The number of carbonyl (C=O) groups excluding carboxylic acids is 1. The minimum Gasteiger partial charge on any atom is -0.457 e. The molecule has 4 nitrogen and oxygen atoms in total. The summed E-state index contributed by atoms with van der Waals surface area (Å²) in [6.07, 6.45) is 4.38. The van der Waals surface area contributed by atoms with Crippen LogP contribution in [0.3, 0.4) is 0 Å². The Morgan fingerprint density at radius 1 is 1.07 bits per heavy atom. The van der Waals surface area contributed by atoms with Gasteiger partial charge in [0.2, 0.25) is 5.91 Å². The van der Waals surface area contributed by atoms with Crippen molar-refractivity contribution in [1.29, 1.82) is 0 Å². The molecule has 2 aromatic carbocycles. The number of ether oxygens (including phenoxy) is 1. The topological polar surface area (TPSA) is 41.6 Å². The second kappa shape index (κ2) is 8.13. The third-order valence-electron chi connectivity index (χ3n) is 5.40. The summed E-state index contributed by atoms with van der Waals surface area (Å²) in [5.41, 5.74) is 1.28. The summed E-state index contributed by atoms with van der Waals surface area (Å²) in [5, 5.41) is 3.75. The predicted molar refractivity (Wildman–Crippen MR) is 107 cm³/mol. The van der Waals surface area contributed by atoms with Crippen LogP contribution in [-0.4, -0.2) is 29.9 Å². The number of carbonyl (C=O) groups is 1. The molecule has 1 amide bonds. The number of nitrogens with zero attached hydrogens (tertiary/aromatic N) is 1. The lowest BCUT2D eigenvalue weighted by Gasteiger charge is -2.42. The third kappa shape index (κ3) is 4.51. The molecule has 1 unspecified atom stereocenters. The first-order chi connectivity index (χ1) is 13.2. The van der Waals surface area contributed by atoms with Gasteiger partial charge in [-0.05, 0) is 49.1 Å². The maximum atomic E-state index is 12.1. The van der Waals surface area contributed by atoms with Gasteiger partial charge in [0.25, 0.3) is 0 Å². The Morgan fingerprint density at radius 3 is 2.37 bits per heavy atom. The maximum absolute atomic E-state index is 12.1. The molecule has 1 saturated carbocycles. The molecular formula is C23H28N2O2. The van der Waals surface area contributed by atoms with E-state index < -0.39 is 0 Å². The van der Waals surface area contributed by atoms with E-state index in [1.807, 2.05) is 47.4 Å². The highest BCUT2D eigenvalue weighted by Gasteiger charge is 2.39. The zero-order chi connectivity index (χ0) is 18.6. The number of amides is 1. The quantitative estimate of drug-likeness (QED) is 0.748. The lowest BCUT2D eigenvalue weighted by molar-refractivity contribution is -0.137. The molecular weight excluding hydrogens is 336 g/mol. The molecule has 0 bridgehead atoms. The fraction of sp³-hybridized carbons (Fsp3) is 0.435. The van der Waals surface area contributed by atoms with Crippen molar-refractivity contribution in [3.63, 3.8) is 0 Å². The van der Waals surface area contributed by atoms with Gasteiger partial charge in [0, 0.05) is 31.1 Å². The second-order valence-corrected chi connectivity index (χ2v) is 7.71. The normalized spacial score (nSPS) is 18.0. The minimum atomic E-state index is 0.323. The van der Waals surface area contributed by atoms with Crippen LogP contribution in [0.4, 0.5) is 0 Å². The van der Waals surface area contributed by atoms with Gasteiger partial charge < -0.3 is 15.0 Å². The summed E-state index contributed by atoms with van der Waals surface area (Å²) in [6.45, 7) is 3.92. The van der Waals surface area contributed by atoms with E-state index in [9.17, 15) is 4.79 Å². The van der Waals surface area contributed by atoms with Crippen LogP contribution in [0.15, 0.2) is 54.6 Å². The van der Waals surface area contributed by atoms with Gasteiger partial charge in [-0.3, -0.25) is 4.79 Å². The van der Waals surface area contributed by atoms with Gasteiger partial charge in [-0.25, -0.2) is 0 Å². The van der Waals surface area contributed by atoms with E-state index >= 15 is 0 Å². The Kier molecular flexibility index (Phi) is 5.44. The predicted octanol–water partition coefficient (Wildman–Crippen LogP) is 4.53. The molecule has 1 saturated heterocycles. The maximum Gasteiger partial charge on any atom is 0.225 e. The van der Waals surface area contributed by atoms with Crippen LogP contribution >= 0.6 is 0 Å². The molecule has 0 spiro atoms. The van der Waals surface area contributed by atoms with Gasteiger partial charge >= 0.3 is 0 Å². The van der Waals surface area contributed by atoms with E-state index in [2.05, 4.69) is 24.4 Å². The van der Waals surface area contributed by atoms with Crippen LogP contribution in [0.25, 0.3) is 0 Å². The Hall–Kier alpha value is -2.33. The van der Waals surface area contributed by atoms with Crippen molar-refractivity contribution in [2.45, 2.75) is 44.7 Å². The summed E-state index contributed by atoms with van der Waals surface area (Å²) in [4.78, 5) is 14.1. The fourth-order valence-electron chi connectivity index (χ4n) is 3.66. The van der Waals surface area contributed by atoms with Crippen molar-refractivity contribution >= 4 is 5.91 Å². The molecule has 1 aliphatic heterocycles. The Balaban J connectivity index is 1.33. The second-order valence-electron chi connectivity index (χ2n) is 7.71. The van der Waals surface area contributed by atoms with Gasteiger partial charge in [-0.15, -0.1) is 0 Å². The number of likely N-dealkylation sites (tertiary alicyclic amines) is 1. The summed E-state index contributed by atoms with van der Waals surface area (Å²) < 4.78 is 5.89. The van der Waals surface area contributed by atoms with Crippen molar-refractivity contribution in [3.05, 3.63) is 60.2 Å². The van der Waals surface area contributed by atoms with Crippen molar-refractivity contribution in [1.82, 2.24) is 10.2 Å². The van der Waals surface area contributed by atoms with E-state index in [0.717, 1.165) is 50.3 Å². The van der Waals surface area contributed by atoms with Crippen molar-refractivity contribution in [2.24, 2.45) is 5.92 Å². The molecule has 1 atom stereocenters. The Morgan fingerprint density at radius 2 is 1.74 bits per heavy atom. The molecule has 2 aromatic rings. The zero-order valence-corrected chi connectivity index (χ0v) is 15.9. The van der Waals surface area contributed by atoms with E-state index in [1.54, 1.807) is 0 Å². The molecule has 0 aromatic heterocycles. The fourth-order valence-corrected chi connectivity index (χ4v) is 3.66. The Bertz CT molecular complexity index is 750. The monoisotopic (exact) mass is 364 g/mol. The SMILES string of the molecule is CCCC(NC1CN(C(=O)C2CC2)C1)c1ccc(Oc2ccccc2)cc1. The van der Waals surface area contributed by atoms with E-state index in [-0.39, 0.29) is 0 Å². The van der Waals surface area contributed by atoms with Crippen LogP contribution in [0.1, 0.15) is 44.2 Å². The number of hydrogen-bond acceptors (Lipinski definition) is 3. The van der Waals surface area contributed by atoms with Crippen LogP contribution < -0.4 is 10.1 Å². The third-order valence-corrected chi connectivity index (χ3v) is 5.40. The van der Waals surface area contributed by atoms with Crippen molar-refractivity contribution in [2.75, 3.05) is 13.1 Å². The molecule has 4 rings (SSSR count). The smallest absolute Gasteiger partial charge is 0.225 e. The number of nitrogens with one attached hydrogen (secondary N) is 1. The van der Waals surface area contributed by atoms with Crippen LogP contribution in [0.5, 0.6) is 11.5 Å². The first-order valence-electron chi connectivity index (χ1n) is 10.1. The van der Waals surface area contributed by atoms with Gasteiger partial charge in [0.1, 0.15) is 11.5 Å². The molecule has 1 heterocycles. The average molecular weight is 364 g/mol. The summed E-state index contributed by atoms with van der Waals surface area (Å²) in [7, 11) is 0. The minimum absolute atomic E-state index is 0.323. The van der Waals surface area contributed by atoms with Crippen molar-refractivity contribution in [3.8, 4) is 11.5 Å². The molecule has 2 fully saturated rings. The average Bonchev–Trinajstić information content (AvgIpc) is 3.50. The number of para-hydroxylation sites is 1. The number of rotatable bonds is 8. The van der Waals surface area contributed by atoms with Gasteiger partial charge in [0.15, 0.2) is 0 Å². The molecule has 1 aliphatic carbocycles. The highest BCUT2D eigenvalue weighted by atomic mass is 16.5. The lowest BCUT2D eigenvalue weighted by atomic mass is 9.99. The largest absolute Gasteiger partial charge is 0.457 e. The van der Waals surface area contributed by atoms with Gasteiger partial charge in [0.05, 0.1) is 0 Å². The summed E-state index contributed by atoms with van der Waals surface area (Å²) >= 11 is 0. The van der Waals surface area contributed by atoms with Gasteiger partial charge in [-0.2, -0.15) is 0 Å². The molecule has 2 aliphatic rings. The van der Waals surface area contributed by atoms with E-state index in [1.165, 1.54) is 5.56 Å². The molecule has 27 heavy (non-hydrogen) atoms.